The van der Waals surface area contributed by atoms with E-state index in [1.165, 1.54) is 6.07 Å². The van der Waals surface area contributed by atoms with Gasteiger partial charge in [0.05, 0.1) is 11.8 Å². The topological polar surface area (TPSA) is 55.4 Å². The first-order valence-corrected chi connectivity index (χ1v) is 9.61. The summed E-state index contributed by atoms with van der Waals surface area (Å²) in [6.07, 6.45) is 0.445. The van der Waals surface area contributed by atoms with Crippen molar-refractivity contribution in [1.82, 2.24) is 0 Å². The van der Waals surface area contributed by atoms with Gasteiger partial charge < -0.3 is 10.1 Å². The summed E-state index contributed by atoms with van der Waals surface area (Å²) >= 11 is 0.975. The van der Waals surface area contributed by atoms with E-state index in [0.29, 0.717) is 6.42 Å². The fourth-order valence-electron chi connectivity index (χ4n) is 1.93. The van der Waals surface area contributed by atoms with Gasteiger partial charge in [-0.1, -0.05) is 34.6 Å². The Morgan fingerprint density at radius 3 is 2.23 bits per heavy atom. The maximum atomic E-state index is 14.2. The normalized spacial score (nSPS) is 13.6. The van der Waals surface area contributed by atoms with Crippen molar-refractivity contribution in [3.05, 3.63) is 23.8 Å². The molecule has 7 heteroatoms. The lowest BCUT2D eigenvalue weighted by Crippen LogP contribution is -2.28. The molecule has 0 radical (unpaired) electrons. The summed E-state index contributed by atoms with van der Waals surface area (Å²) in [6.45, 7) is 10.7. The highest BCUT2D eigenvalue weighted by molar-refractivity contribution is 8.00. The summed E-state index contributed by atoms with van der Waals surface area (Å²) in [5, 5.41) is 1.80. The molecular weight excluding hydrogens is 360 g/mol. The van der Waals surface area contributed by atoms with Crippen molar-refractivity contribution in [2.75, 3.05) is 5.32 Å². The molecule has 0 aliphatic rings. The molecule has 0 saturated carbocycles. The van der Waals surface area contributed by atoms with Gasteiger partial charge in [-0.05, 0) is 25.3 Å². The molecule has 2 atom stereocenters. The second-order valence-corrected chi connectivity index (χ2v) is 8.03. The number of carbonyl (C=O) groups excluding carboxylic acids is 2. The largest absolute Gasteiger partial charge is 0.462 e. The lowest BCUT2D eigenvalue weighted by atomic mass is 10.1. The molecule has 0 aliphatic carbocycles. The Morgan fingerprint density at radius 2 is 1.73 bits per heavy atom. The first-order valence-electron chi connectivity index (χ1n) is 8.73. The Labute approximate surface area is 158 Å². The molecule has 4 nitrogen and oxygen atoms in total. The highest BCUT2D eigenvalue weighted by Crippen LogP contribution is 2.34. The van der Waals surface area contributed by atoms with Crippen LogP contribution in [0, 0.1) is 23.5 Å². The zero-order valence-corrected chi connectivity index (χ0v) is 16.9. The Hall–Kier alpha value is -1.63. The van der Waals surface area contributed by atoms with E-state index in [9.17, 15) is 18.4 Å². The van der Waals surface area contributed by atoms with Crippen molar-refractivity contribution < 1.29 is 23.1 Å². The Balaban J connectivity index is 3.08. The summed E-state index contributed by atoms with van der Waals surface area (Å²) in [7, 11) is 0. The summed E-state index contributed by atoms with van der Waals surface area (Å²) in [6, 6.07) is 1.94. The average molecular weight is 387 g/mol. The predicted octanol–water partition coefficient (Wildman–Crippen LogP) is 5.02. The molecule has 0 aromatic heterocycles. The molecule has 1 rings (SSSR count). The lowest BCUT2D eigenvalue weighted by molar-refractivity contribution is -0.148. The minimum Gasteiger partial charge on any atom is -0.462 e. The molecule has 0 bridgehead atoms. The van der Waals surface area contributed by atoms with Crippen molar-refractivity contribution in [2.45, 2.75) is 64.2 Å². The van der Waals surface area contributed by atoms with Crippen LogP contribution in [0.5, 0.6) is 0 Å². The Morgan fingerprint density at radius 1 is 1.12 bits per heavy atom. The van der Waals surface area contributed by atoms with Crippen molar-refractivity contribution in [3.63, 3.8) is 0 Å². The van der Waals surface area contributed by atoms with Crippen LogP contribution in [-0.2, 0) is 14.3 Å². The van der Waals surface area contributed by atoms with E-state index >= 15 is 0 Å². The van der Waals surface area contributed by atoms with Crippen LogP contribution in [-0.4, -0.2) is 23.2 Å². The highest BCUT2D eigenvalue weighted by Gasteiger charge is 2.28. The van der Waals surface area contributed by atoms with Crippen molar-refractivity contribution >= 4 is 29.3 Å². The van der Waals surface area contributed by atoms with Gasteiger partial charge >= 0.3 is 5.97 Å². The number of benzene rings is 1. The van der Waals surface area contributed by atoms with E-state index < -0.39 is 22.9 Å². The molecule has 2 unspecified atom stereocenters. The summed E-state index contributed by atoms with van der Waals surface area (Å²) in [4.78, 5) is 24.3. The number of carbonyl (C=O) groups is 2. The second kappa shape index (κ2) is 9.90. The van der Waals surface area contributed by atoms with E-state index in [1.807, 2.05) is 20.8 Å². The molecule has 1 aromatic carbocycles. The van der Waals surface area contributed by atoms with Crippen LogP contribution in [0.2, 0.25) is 0 Å². The minimum atomic E-state index is -0.857. The van der Waals surface area contributed by atoms with Crippen molar-refractivity contribution in [1.29, 1.82) is 0 Å². The van der Waals surface area contributed by atoms with Gasteiger partial charge in [-0.15, -0.1) is 11.8 Å². The number of anilines is 1. The quantitative estimate of drug-likeness (QED) is 0.503. The number of thioether (sulfide) groups is 1. The molecule has 1 amide bonds. The summed E-state index contributed by atoms with van der Waals surface area (Å²) in [5.74, 6) is -2.90. The van der Waals surface area contributed by atoms with Gasteiger partial charge in [-0.3, -0.25) is 9.59 Å². The van der Waals surface area contributed by atoms with Gasteiger partial charge in [0.15, 0.2) is 0 Å². The minimum absolute atomic E-state index is 0.0882. The number of hydrogen-bond donors (Lipinski definition) is 1. The third kappa shape index (κ3) is 6.27. The molecule has 0 spiro atoms. The standard InChI is InChI=1S/C19H27F2NO3S/c1-7-12(6)25-19(24)17(10(2)3)26-16-9-15(13(20)8-14(16)21)22-18(23)11(4)5/h8-12,17H,7H2,1-6H3,(H,22,23). The van der Waals surface area contributed by atoms with Crippen LogP contribution in [0.3, 0.4) is 0 Å². The van der Waals surface area contributed by atoms with Gasteiger partial charge in [0.25, 0.3) is 0 Å². The number of rotatable bonds is 8. The Bertz CT molecular complexity index is 650. The van der Waals surface area contributed by atoms with E-state index in [-0.39, 0.29) is 34.4 Å². The third-order valence-electron chi connectivity index (χ3n) is 3.79. The van der Waals surface area contributed by atoms with Crippen LogP contribution in [0.15, 0.2) is 17.0 Å². The number of esters is 1. The summed E-state index contributed by atoms with van der Waals surface area (Å²) < 4.78 is 33.5. The van der Waals surface area contributed by atoms with Crippen LogP contribution < -0.4 is 5.32 Å². The zero-order valence-electron chi connectivity index (χ0n) is 16.1. The predicted molar refractivity (Wildman–Crippen MR) is 100 cm³/mol. The maximum absolute atomic E-state index is 14.2. The van der Waals surface area contributed by atoms with Gasteiger partial charge in [-0.2, -0.15) is 0 Å². The molecule has 146 valence electrons. The third-order valence-corrected chi connectivity index (χ3v) is 5.35. The van der Waals surface area contributed by atoms with Crippen LogP contribution >= 0.6 is 11.8 Å². The maximum Gasteiger partial charge on any atom is 0.319 e. The van der Waals surface area contributed by atoms with Gasteiger partial charge in [0.1, 0.15) is 16.9 Å². The number of ether oxygens (including phenoxy) is 1. The van der Waals surface area contributed by atoms with Crippen LogP contribution in [0.1, 0.15) is 48.0 Å². The number of hydrogen-bond acceptors (Lipinski definition) is 4. The van der Waals surface area contributed by atoms with E-state index in [0.717, 1.165) is 17.8 Å². The molecule has 26 heavy (non-hydrogen) atoms. The monoisotopic (exact) mass is 387 g/mol. The summed E-state index contributed by atoms with van der Waals surface area (Å²) in [5.41, 5.74) is -0.106. The number of amides is 1. The lowest BCUT2D eigenvalue weighted by Gasteiger charge is -2.22. The molecule has 0 saturated heterocycles. The molecule has 0 heterocycles. The fourth-order valence-corrected chi connectivity index (χ4v) is 2.99. The highest BCUT2D eigenvalue weighted by atomic mass is 32.2. The smallest absolute Gasteiger partial charge is 0.319 e. The van der Waals surface area contributed by atoms with Gasteiger partial charge in [0, 0.05) is 16.9 Å². The molecule has 1 aromatic rings. The molecular formula is C19H27F2NO3S. The van der Waals surface area contributed by atoms with Gasteiger partial charge in [0.2, 0.25) is 5.91 Å². The number of halogens is 2. The van der Waals surface area contributed by atoms with Crippen LogP contribution in [0.25, 0.3) is 0 Å². The zero-order chi connectivity index (χ0) is 20.0. The van der Waals surface area contributed by atoms with E-state index in [4.69, 9.17) is 4.74 Å². The fraction of sp³-hybridized carbons (Fsp3) is 0.579. The molecule has 0 fully saturated rings. The van der Waals surface area contributed by atoms with Crippen molar-refractivity contribution in [2.24, 2.45) is 11.8 Å². The van der Waals surface area contributed by atoms with Crippen LogP contribution in [0.4, 0.5) is 14.5 Å². The van der Waals surface area contributed by atoms with E-state index in [2.05, 4.69) is 5.32 Å². The first kappa shape index (κ1) is 22.4. The average Bonchev–Trinajstić information content (AvgIpc) is 2.55. The Kier molecular flexibility index (Phi) is 8.53. The van der Waals surface area contributed by atoms with Gasteiger partial charge in [-0.25, -0.2) is 8.78 Å². The number of nitrogens with one attached hydrogen (secondary N) is 1. The van der Waals surface area contributed by atoms with E-state index in [1.54, 1.807) is 20.8 Å². The molecule has 0 aliphatic heterocycles. The first-order chi connectivity index (χ1) is 12.1. The second-order valence-electron chi connectivity index (χ2n) is 6.84. The SMILES string of the molecule is CCC(C)OC(=O)C(Sc1cc(NC(=O)C(C)C)c(F)cc1F)C(C)C. The molecule has 1 N–H and O–H groups in total. The van der Waals surface area contributed by atoms with Crippen molar-refractivity contribution in [3.8, 4) is 0 Å².